The van der Waals surface area contributed by atoms with Crippen molar-refractivity contribution >= 4 is 49.9 Å². The van der Waals surface area contributed by atoms with Gasteiger partial charge in [0.1, 0.15) is 29.5 Å². The Balaban J connectivity index is 0.844. The molecule has 5 heterocycles. The highest BCUT2D eigenvalue weighted by atomic mass is 19.1. The number of fused-ring (bicyclic) bond motifs is 4. The van der Waals surface area contributed by atoms with Gasteiger partial charge < -0.3 is 36.0 Å². The second-order valence-electron chi connectivity index (χ2n) is 20.9. The normalized spacial score (nSPS) is 20.8. The van der Waals surface area contributed by atoms with Gasteiger partial charge in [-0.15, -0.1) is 13.0 Å². The molecule has 0 bridgehead atoms. The summed E-state index contributed by atoms with van der Waals surface area (Å²) < 4.78 is 40.7. The summed E-state index contributed by atoms with van der Waals surface area (Å²) in [5, 5.41) is 25.2. The molecule has 15 heteroatoms. The molecule has 9 rings (SSSR count). The number of ether oxygens (including phenoxy) is 1. The van der Waals surface area contributed by atoms with Crippen molar-refractivity contribution in [3.63, 3.8) is 0 Å². The van der Waals surface area contributed by atoms with Crippen LogP contribution in [0.15, 0.2) is 79.0 Å². The van der Waals surface area contributed by atoms with Gasteiger partial charge in [0.05, 0.1) is 22.0 Å². The SMILES string of the molecule is C#Cc1c(F)ccc2cccc(-c3ncc4c(N(CC)CCCN)nc(OCC56CCC(CNCCC7(CCO)CC(CNc8ccc9c(N(C)CCC(=C)C)nn(C)c9c8)C7)N5CC(=C)C6)nc4c3F)c12. The molecule has 0 amide bonds. The molecule has 3 fully saturated rings. The number of benzene rings is 3. The van der Waals surface area contributed by atoms with E-state index in [1.54, 1.807) is 24.4 Å². The smallest absolute Gasteiger partial charge is 0.319 e. The summed E-state index contributed by atoms with van der Waals surface area (Å²) in [5.41, 5.74) is 10.8. The Labute approximate surface area is 422 Å². The third-order valence-corrected chi connectivity index (χ3v) is 15.7. The minimum atomic E-state index is -0.668. The first-order valence-electron chi connectivity index (χ1n) is 25.7. The Morgan fingerprint density at radius 3 is 2.68 bits per heavy atom. The van der Waals surface area contributed by atoms with Crippen LogP contribution < -0.4 is 30.9 Å². The van der Waals surface area contributed by atoms with Crippen molar-refractivity contribution in [3.8, 4) is 29.6 Å². The topological polar surface area (TPSA) is 146 Å². The number of nitrogens with zero attached hydrogens (tertiary/aromatic N) is 8. The van der Waals surface area contributed by atoms with Crippen LogP contribution in [0.5, 0.6) is 6.01 Å². The lowest BCUT2D eigenvalue weighted by Crippen LogP contribution is -2.49. The second-order valence-corrected chi connectivity index (χ2v) is 20.9. The maximum absolute atomic E-state index is 17.1. The number of halogens is 2. The van der Waals surface area contributed by atoms with E-state index in [4.69, 9.17) is 32.0 Å². The molecule has 72 heavy (non-hydrogen) atoms. The summed E-state index contributed by atoms with van der Waals surface area (Å²) in [6.07, 6.45) is 15.7. The zero-order valence-corrected chi connectivity index (χ0v) is 42.5. The summed E-state index contributed by atoms with van der Waals surface area (Å²) in [7, 11) is 4.09. The third kappa shape index (κ3) is 10.1. The summed E-state index contributed by atoms with van der Waals surface area (Å²) in [4.78, 5) is 21.1. The second kappa shape index (κ2) is 21.5. The average Bonchev–Trinajstić information content (AvgIpc) is 4.00. The van der Waals surface area contributed by atoms with Crippen LogP contribution in [0, 0.1) is 35.3 Å². The maximum atomic E-state index is 17.1. The van der Waals surface area contributed by atoms with Gasteiger partial charge in [-0.1, -0.05) is 47.9 Å². The zero-order chi connectivity index (χ0) is 50.7. The van der Waals surface area contributed by atoms with Gasteiger partial charge in [0.15, 0.2) is 11.6 Å². The molecule has 13 nitrogen and oxygen atoms in total. The van der Waals surface area contributed by atoms with Crippen molar-refractivity contribution < 1.29 is 18.6 Å². The molecule has 2 unspecified atom stereocenters. The van der Waals surface area contributed by atoms with Crippen molar-refractivity contribution in [2.24, 2.45) is 24.1 Å². The first-order valence-corrected chi connectivity index (χ1v) is 25.7. The van der Waals surface area contributed by atoms with Crippen molar-refractivity contribution in [2.45, 2.75) is 83.2 Å². The minimum Gasteiger partial charge on any atom is -0.461 e. The maximum Gasteiger partial charge on any atom is 0.319 e. The van der Waals surface area contributed by atoms with Gasteiger partial charge in [0.2, 0.25) is 0 Å². The van der Waals surface area contributed by atoms with Gasteiger partial charge in [0, 0.05) is 94.2 Å². The number of nitrogens with one attached hydrogen (secondary N) is 2. The van der Waals surface area contributed by atoms with Crippen molar-refractivity contribution in [1.82, 2.24) is 34.9 Å². The lowest BCUT2D eigenvalue weighted by molar-refractivity contribution is 0.0243. The monoisotopic (exact) mass is 980 g/mol. The summed E-state index contributed by atoms with van der Waals surface area (Å²) in [5.74, 6) is 3.28. The van der Waals surface area contributed by atoms with Crippen LogP contribution in [0.1, 0.15) is 77.2 Å². The largest absolute Gasteiger partial charge is 0.461 e. The standard InChI is InChI=1S/C57H71F2N11O2/c1-8-43-47(58)17-14-40-12-10-13-45(49(40)43)51-50(59)52-46(34-63-51)53(69(9-2)25-11-23-60)65-55(64-52)72-36-57-20-18-42(70(57)35-38(5)29-57)33-61-24-21-56(22-27-71)30-39(31-56)32-62-41-15-16-44-48(28-41)68(7)66-54(44)67(6)26-19-37(3)4/h1,10,12-17,28,34,39,42,61-62,71H,3,5,9,11,18-27,29-33,35-36,60H2,2,4,6-7H3. The van der Waals surface area contributed by atoms with Crippen LogP contribution in [0.4, 0.5) is 26.1 Å². The number of nitrogens with two attached hydrogens (primary N) is 1. The first kappa shape index (κ1) is 50.7. The number of pyridine rings is 1. The van der Waals surface area contributed by atoms with Crippen molar-refractivity contribution in [3.05, 3.63) is 96.2 Å². The van der Waals surface area contributed by atoms with E-state index in [0.29, 0.717) is 66.1 Å². The molecule has 2 atom stereocenters. The lowest BCUT2D eigenvalue weighted by Gasteiger charge is -2.48. The molecule has 6 aromatic rings. The van der Waals surface area contributed by atoms with Crippen LogP contribution in [0.2, 0.25) is 0 Å². The third-order valence-electron chi connectivity index (χ3n) is 15.7. The molecule has 380 valence electrons. The summed E-state index contributed by atoms with van der Waals surface area (Å²) in [6, 6.07) is 15.1. The van der Waals surface area contributed by atoms with Gasteiger partial charge in [-0.2, -0.15) is 15.1 Å². The molecule has 3 aromatic heterocycles. The molecular weight excluding hydrogens is 909 g/mol. The van der Waals surface area contributed by atoms with E-state index < -0.39 is 11.6 Å². The number of aromatic nitrogens is 5. The van der Waals surface area contributed by atoms with Gasteiger partial charge >= 0.3 is 6.01 Å². The predicted octanol–water partition coefficient (Wildman–Crippen LogP) is 8.98. The molecule has 2 aliphatic heterocycles. The highest BCUT2D eigenvalue weighted by Gasteiger charge is 2.51. The number of aryl methyl sites for hydroxylation is 1. The number of aliphatic hydroxyl groups excluding tert-OH is 1. The number of hydrogen-bond acceptors (Lipinski definition) is 12. The van der Waals surface area contributed by atoms with E-state index >= 15 is 8.78 Å². The summed E-state index contributed by atoms with van der Waals surface area (Å²) in [6.45, 7) is 19.0. The van der Waals surface area contributed by atoms with E-state index in [2.05, 4.69) is 76.7 Å². The Hall–Kier alpha value is -6.18. The molecule has 2 saturated heterocycles. The van der Waals surface area contributed by atoms with Crippen LogP contribution >= 0.6 is 0 Å². The van der Waals surface area contributed by atoms with Crippen molar-refractivity contribution in [2.75, 3.05) is 87.7 Å². The highest BCUT2D eigenvalue weighted by Crippen LogP contribution is 2.51. The van der Waals surface area contributed by atoms with E-state index in [0.717, 1.165) is 118 Å². The molecule has 3 aromatic carbocycles. The predicted molar refractivity (Wildman–Crippen MR) is 288 cm³/mol. The Morgan fingerprint density at radius 1 is 1.08 bits per heavy atom. The Morgan fingerprint density at radius 2 is 1.92 bits per heavy atom. The van der Waals surface area contributed by atoms with Crippen LogP contribution in [-0.2, 0) is 7.05 Å². The quantitative estimate of drug-likeness (QED) is 0.0276. The van der Waals surface area contributed by atoms with Crippen LogP contribution in [0.25, 0.3) is 43.8 Å². The van der Waals surface area contributed by atoms with Gasteiger partial charge in [0.25, 0.3) is 0 Å². The minimum absolute atomic E-state index is 0.0122. The Kier molecular flexibility index (Phi) is 15.2. The number of anilines is 3. The van der Waals surface area contributed by atoms with E-state index in [1.165, 1.54) is 6.07 Å². The molecule has 1 aliphatic carbocycles. The average molecular weight is 980 g/mol. The number of terminal acetylenes is 1. The molecule has 0 spiro atoms. The van der Waals surface area contributed by atoms with Crippen LogP contribution in [-0.4, -0.2) is 119 Å². The van der Waals surface area contributed by atoms with Gasteiger partial charge in [-0.25, -0.2) is 8.78 Å². The van der Waals surface area contributed by atoms with Gasteiger partial charge in [-0.3, -0.25) is 14.6 Å². The zero-order valence-electron chi connectivity index (χ0n) is 42.5. The number of hydrogen-bond donors (Lipinski definition) is 4. The van der Waals surface area contributed by atoms with E-state index in [1.807, 2.05) is 29.6 Å². The van der Waals surface area contributed by atoms with Gasteiger partial charge in [-0.05, 0) is 126 Å². The summed E-state index contributed by atoms with van der Waals surface area (Å²) >= 11 is 0. The van der Waals surface area contributed by atoms with E-state index in [-0.39, 0.29) is 46.4 Å². The highest BCUT2D eigenvalue weighted by molar-refractivity contribution is 6.02. The Bertz CT molecular complexity index is 3020. The van der Waals surface area contributed by atoms with Crippen molar-refractivity contribution in [1.29, 1.82) is 0 Å². The molecule has 1 saturated carbocycles. The molecular formula is C57H71F2N11O2. The number of rotatable bonds is 23. The van der Waals surface area contributed by atoms with Crippen LogP contribution in [0.3, 0.4) is 0 Å². The number of aliphatic hydroxyl groups is 1. The van der Waals surface area contributed by atoms with E-state index in [9.17, 15) is 5.11 Å². The first-order chi connectivity index (χ1) is 34.8. The molecule has 0 radical (unpaired) electrons. The molecule has 5 N–H and O–H groups in total. The fraction of sp³-hybridized carbons (Fsp3) is 0.474. The fourth-order valence-electron chi connectivity index (χ4n) is 12.0. The lowest BCUT2D eigenvalue weighted by atomic mass is 9.58. The molecule has 3 aliphatic rings. The fourth-order valence-corrected chi connectivity index (χ4v) is 12.0.